The van der Waals surface area contributed by atoms with Gasteiger partial charge in [0.25, 0.3) is 0 Å². The van der Waals surface area contributed by atoms with Gasteiger partial charge in [-0.1, -0.05) is 43.9 Å². The first-order valence-electron chi connectivity index (χ1n) is 5.31. The second-order valence-corrected chi connectivity index (χ2v) is 4.19. The third-order valence-corrected chi connectivity index (χ3v) is 2.76. The van der Waals surface area contributed by atoms with Crippen LogP contribution in [0.4, 0.5) is 0 Å². The van der Waals surface area contributed by atoms with E-state index in [9.17, 15) is 0 Å². The first-order chi connectivity index (χ1) is 6.65. The molecule has 1 aliphatic rings. The Hall–Kier alpha value is -1.04. The fraction of sp³-hybridized carbons (Fsp3) is 0.429. The molecule has 0 bridgehead atoms. The Labute approximate surface area is 87.7 Å². The van der Waals surface area contributed by atoms with Gasteiger partial charge in [-0.3, -0.25) is 0 Å². The molecule has 0 radical (unpaired) electrons. The molecule has 0 nitrogen and oxygen atoms in total. The van der Waals surface area contributed by atoms with Gasteiger partial charge in [0.1, 0.15) is 0 Å². The van der Waals surface area contributed by atoms with Crippen molar-refractivity contribution in [1.29, 1.82) is 0 Å². The standard InChI is InChI=1S/C14H20/c1-5-13-10-9-12(4)14(13)8-6-7-11(2)3/h5-6,8,12H,1-2,7,9-10H2,3-4H3/b8-6-. The monoisotopic (exact) mass is 188 g/mol. The van der Waals surface area contributed by atoms with E-state index in [2.05, 4.69) is 39.2 Å². The van der Waals surface area contributed by atoms with Crippen LogP contribution in [-0.2, 0) is 0 Å². The number of allylic oxidation sites excluding steroid dienone is 6. The van der Waals surface area contributed by atoms with Crippen LogP contribution in [0, 0.1) is 5.92 Å². The molecule has 0 aromatic rings. The Morgan fingerprint density at radius 2 is 2.29 bits per heavy atom. The van der Waals surface area contributed by atoms with Crippen molar-refractivity contribution in [3.63, 3.8) is 0 Å². The molecule has 0 aromatic heterocycles. The molecule has 1 rings (SSSR count). The van der Waals surface area contributed by atoms with Gasteiger partial charge < -0.3 is 0 Å². The lowest BCUT2D eigenvalue weighted by Gasteiger charge is -2.04. The molecule has 1 atom stereocenters. The Morgan fingerprint density at radius 1 is 1.57 bits per heavy atom. The molecule has 0 N–H and O–H groups in total. The summed E-state index contributed by atoms with van der Waals surface area (Å²) in [5, 5.41) is 0. The summed E-state index contributed by atoms with van der Waals surface area (Å²) in [4.78, 5) is 0. The zero-order valence-corrected chi connectivity index (χ0v) is 9.34. The van der Waals surface area contributed by atoms with Crippen molar-refractivity contribution in [3.05, 3.63) is 48.1 Å². The van der Waals surface area contributed by atoms with Crippen LogP contribution in [0.2, 0.25) is 0 Å². The van der Waals surface area contributed by atoms with Crippen LogP contribution in [0.1, 0.15) is 33.1 Å². The van der Waals surface area contributed by atoms with Crippen molar-refractivity contribution in [2.75, 3.05) is 0 Å². The average Bonchev–Trinajstić information content (AvgIpc) is 2.47. The van der Waals surface area contributed by atoms with Gasteiger partial charge >= 0.3 is 0 Å². The Morgan fingerprint density at radius 3 is 2.86 bits per heavy atom. The molecule has 0 aromatic carbocycles. The van der Waals surface area contributed by atoms with Crippen molar-refractivity contribution >= 4 is 0 Å². The predicted octanol–water partition coefficient (Wildman–Crippen LogP) is 4.42. The molecule has 0 aliphatic heterocycles. The minimum atomic E-state index is 0.698. The lowest BCUT2D eigenvalue weighted by molar-refractivity contribution is 0.680. The van der Waals surface area contributed by atoms with Gasteiger partial charge in [0.05, 0.1) is 0 Å². The third kappa shape index (κ3) is 2.73. The van der Waals surface area contributed by atoms with Gasteiger partial charge in [-0.15, -0.1) is 0 Å². The Balaban J connectivity index is 2.69. The maximum atomic E-state index is 3.89. The van der Waals surface area contributed by atoms with E-state index in [0.29, 0.717) is 5.92 Å². The van der Waals surface area contributed by atoms with Crippen LogP contribution in [-0.4, -0.2) is 0 Å². The molecule has 0 spiro atoms. The van der Waals surface area contributed by atoms with E-state index in [0.717, 1.165) is 6.42 Å². The van der Waals surface area contributed by atoms with Gasteiger partial charge in [0, 0.05) is 0 Å². The smallest absolute Gasteiger partial charge is 0.0141 e. The minimum Gasteiger partial charge on any atom is -0.0998 e. The molecule has 0 amide bonds. The summed E-state index contributed by atoms with van der Waals surface area (Å²) in [7, 11) is 0. The molecule has 1 aliphatic carbocycles. The Kier molecular flexibility index (Phi) is 3.94. The quantitative estimate of drug-likeness (QED) is 0.573. The van der Waals surface area contributed by atoms with E-state index in [1.165, 1.54) is 29.6 Å². The molecule has 0 fully saturated rings. The van der Waals surface area contributed by atoms with E-state index in [-0.39, 0.29) is 0 Å². The molecule has 0 saturated carbocycles. The van der Waals surface area contributed by atoms with Crippen LogP contribution in [0.5, 0.6) is 0 Å². The SMILES string of the molecule is C=CC1=C(/C=C\CC(=C)C)C(C)CC1. The molecule has 14 heavy (non-hydrogen) atoms. The molecule has 76 valence electrons. The van der Waals surface area contributed by atoms with E-state index in [1.807, 2.05) is 6.08 Å². The third-order valence-electron chi connectivity index (χ3n) is 2.76. The highest BCUT2D eigenvalue weighted by molar-refractivity contribution is 5.37. The van der Waals surface area contributed by atoms with Gasteiger partial charge in [-0.2, -0.15) is 0 Å². The van der Waals surface area contributed by atoms with Crippen molar-refractivity contribution < 1.29 is 0 Å². The van der Waals surface area contributed by atoms with Crippen LogP contribution in [0.15, 0.2) is 48.1 Å². The highest BCUT2D eigenvalue weighted by atomic mass is 14.2. The fourth-order valence-electron chi connectivity index (χ4n) is 1.87. The minimum absolute atomic E-state index is 0.698. The lowest BCUT2D eigenvalue weighted by atomic mass is 10.0. The summed E-state index contributed by atoms with van der Waals surface area (Å²) in [6, 6.07) is 0. The Bertz CT molecular complexity index is 289. The van der Waals surface area contributed by atoms with Crippen molar-refractivity contribution in [3.8, 4) is 0 Å². The molecular formula is C14H20. The van der Waals surface area contributed by atoms with E-state index < -0.39 is 0 Å². The van der Waals surface area contributed by atoms with Gasteiger partial charge in [0.15, 0.2) is 0 Å². The van der Waals surface area contributed by atoms with E-state index in [1.54, 1.807) is 0 Å². The first-order valence-corrected chi connectivity index (χ1v) is 5.31. The lowest BCUT2D eigenvalue weighted by Crippen LogP contribution is -1.89. The van der Waals surface area contributed by atoms with Gasteiger partial charge in [-0.05, 0) is 43.3 Å². The van der Waals surface area contributed by atoms with Crippen LogP contribution in [0.25, 0.3) is 0 Å². The average molecular weight is 188 g/mol. The summed E-state index contributed by atoms with van der Waals surface area (Å²) >= 11 is 0. The number of rotatable bonds is 4. The van der Waals surface area contributed by atoms with Crippen molar-refractivity contribution in [1.82, 2.24) is 0 Å². The molecular weight excluding hydrogens is 168 g/mol. The summed E-state index contributed by atoms with van der Waals surface area (Å²) in [6.07, 6.45) is 9.92. The normalized spacial score (nSPS) is 22.0. The summed E-state index contributed by atoms with van der Waals surface area (Å²) in [5.74, 6) is 0.698. The van der Waals surface area contributed by atoms with Crippen LogP contribution >= 0.6 is 0 Å². The molecule has 1 unspecified atom stereocenters. The van der Waals surface area contributed by atoms with Crippen molar-refractivity contribution in [2.24, 2.45) is 5.92 Å². The summed E-state index contributed by atoms with van der Waals surface area (Å²) in [5.41, 5.74) is 4.12. The predicted molar refractivity (Wildman–Crippen MR) is 64.2 cm³/mol. The molecule has 0 heterocycles. The zero-order chi connectivity index (χ0) is 10.6. The number of hydrogen-bond acceptors (Lipinski definition) is 0. The zero-order valence-electron chi connectivity index (χ0n) is 9.34. The van der Waals surface area contributed by atoms with Crippen LogP contribution < -0.4 is 0 Å². The first kappa shape index (κ1) is 11.0. The van der Waals surface area contributed by atoms with E-state index >= 15 is 0 Å². The van der Waals surface area contributed by atoms with Crippen molar-refractivity contribution in [2.45, 2.75) is 33.1 Å². The fourth-order valence-corrected chi connectivity index (χ4v) is 1.87. The van der Waals surface area contributed by atoms with Crippen LogP contribution in [0.3, 0.4) is 0 Å². The van der Waals surface area contributed by atoms with Gasteiger partial charge in [-0.25, -0.2) is 0 Å². The second-order valence-electron chi connectivity index (χ2n) is 4.19. The topological polar surface area (TPSA) is 0 Å². The largest absolute Gasteiger partial charge is 0.0998 e. The molecule has 0 saturated heterocycles. The molecule has 0 heteroatoms. The summed E-state index contributed by atoms with van der Waals surface area (Å²) < 4.78 is 0. The number of hydrogen-bond donors (Lipinski definition) is 0. The maximum absolute atomic E-state index is 3.89. The maximum Gasteiger partial charge on any atom is -0.0141 e. The summed E-state index contributed by atoms with van der Waals surface area (Å²) in [6.45, 7) is 12.1. The highest BCUT2D eigenvalue weighted by Crippen LogP contribution is 2.33. The second kappa shape index (κ2) is 4.99. The van der Waals surface area contributed by atoms with E-state index in [4.69, 9.17) is 0 Å². The highest BCUT2D eigenvalue weighted by Gasteiger charge is 2.17. The van der Waals surface area contributed by atoms with Gasteiger partial charge in [0.2, 0.25) is 0 Å².